The van der Waals surface area contributed by atoms with Gasteiger partial charge in [-0.15, -0.1) is 0 Å². The van der Waals surface area contributed by atoms with Crippen LogP contribution in [-0.2, 0) is 11.8 Å². The highest BCUT2D eigenvalue weighted by molar-refractivity contribution is 5.88. The van der Waals surface area contributed by atoms with E-state index in [0.29, 0.717) is 25.2 Å². The van der Waals surface area contributed by atoms with Crippen LogP contribution in [0, 0.1) is 0 Å². The fraction of sp³-hybridized carbons (Fsp3) is 0.444. The summed E-state index contributed by atoms with van der Waals surface area (Å²) >= 11 is 0. The van der Waals surface area contributed by atoms with Crippen LogP contribution in [0.5, 0.6) is 0 Å². The van der Waals surface area contributed by atoms with E-state index in [0.717, 1.165) is 54.3 Å². The lowest BCUT2D eigenvalue weighted by Crippen LogP contribution is -2.37. The van der Waals surface area contributed by atoms with E-state index >= 15 is 0 Å². The second kappa shape index (κ2) is 6.43. The number of nitrogens with one attached hydrogen (secondary N) is 1. The Balaban J connectivity index is 1.73. The van der Waals surface area contributed by atoms with Crippen LogP contribution in [0.1, 0.15) is 18.9 Å². The van der Waals surface area contributed by atoms with Gasteiger partial charge in [0, 0.05) is 36.8 Å². The first-order chi connectivity index (χ1) is 13.2. The smallest absolute Gasteiger partial charge is 0.241 e. The second-order valence-corrected chi connectivity index (χ2v) is 7.08. The van der Waals surface area contributed by atoms with Gasteiger partial charge in [-0.05, 0) is 12.8 Å². The van der Waals surface area contributed by atoms with Crippen LogP contribution in [0.2, 0.25) is 0 Å². The van der Waals surface area contributed by atoms with Crippen molar-refractivity contribution in [2.24, 2.45) is 12.9 Å². The number of aryl methyl sites for hydroxylation is 1. The Kier molecular flexibility index (Phi) is 3.91. The van der Waals surface area contributed by atoms with E-state index in [-0.39, 0.29) is 0 Å². The highest BCUT2D eigenvalue weighted by atomic mass is 16.5. The largest absolute Gasteiger partial charge is 0.378 e. The zero-order valence-electron chi connectivity index (χ0n) is 15.3. The minimum atomic E-state index is 0.414. The molecule has 0 atom stereocenters. The van der Waals surface area contributed by atoms with Crippen LogP contribution in [0.3, 0.4) is 0 Å². The third kappa shape index (κ3) is 2.88. The summed E-state index contributed by atoms with van der Waals surface area (Å²) in [7, 11) is 2.01. The van der Waals surface area contributed by atoms with Crippen molar-refractivity contribution in [2.45, 2.75) is 18.9 Å². The first-order valence-corrected chi connectivity index (χ1v) is 9.29. The van der Waals surface area contributed by atoms with E-state index in [1.54, 1.807) is 0 Å². The number of pyridine rings is 1. The number of imidazole rings is 1. The van der Waals surface area contributed by atoms with Gasteiger partial charge >= 0.3 is 0 Å². The van der Waals surface area contributed by atoms with E-state index in [9.17, 15) is 0 Å². The number of rotatable bonds is 4. The van der Waals surface area contributed by atoms with Crippen molar-refractivity contribution in [3.63, 3.8) is 0 Å². The van der Waals surface area contributed by atoms with Crippen LogP contribution in [-0.4, -0.2) is 45.8 Å². The van der Waals surface area contributed by atoms with Gasteiger partial charge in [-0.3, -0.25) is 5.43 Å². The summed E-state index contributed by atoms with van der Waals surface area (Å²) in [5.41, 5.74) is 5.36. The van der Waals surface area contributed by atoms with Crippen molar-refractivity contribution in [3.8, 4) is 11.4 Å². The fourth-order valence-corrected chi connectivity index (χ4v) is 3.55. The Bertz CT molecular complexity index is 973. The van der Waals surface area contributed by atoms with E-state index in [1.165, 1.54) is 0 Å². The zero-order chi connectivity index (χ0) is 18.4. The van der Waals surface area contributed by atoms with Crippen LogP contribution in [0.4, 0.5) is 11.8 Å². The molecule has 9 heteroatoms. The predicted octanol–water partition coefficient (Wildman–Crippen LogP) is 0.775. The molecule has 0 radical (unpaired) electrons. The van der Waals surface area contributed by atoms with Gasteiger partial charge < -0.3 is 14.2 Å². The number of nitrogen functional groups attached to an aromatic ring is 1. The fourth-order valence-electron chi connectivity index (χ4n) is 3.55. The topological polar surface area (TPSA) is 98.0 Å². The van der Waals surface area contributed by atoms with E-state index < -0.39 is 0 Å². The molecular formula is C18H23N8O+. The van der Waals surface area contributed by atoms with Gasteiger partial charge in [0.25, 0.3) is 0 Å². The lowest BCUT2D eigenvalue weighted by atomic mass is 10.2. The van der Waals surface area contributed by atoms with Gasteiger partial charge in [-0.1, -0.05) is 0 Å². The number of hydrogen-bond acceptors (Lipinski definition) is 7. The molecule has 140 valence electrons. The molecule has 2 aliphatic rings. The molecule has 5 rings (SSSR count). The number of nitrogens with two attached hydrogens (primary N) is 1. The van der Waals surface area contributed by atoms with Crippen molar-refractivity contribution in [1.82, 2.24) is 19.5 Å². The molecule has 3 N–H and O–H groups in total. The highest BCUT2D eigenvalue weighted by Gasteiger charge is 2.32. The summed E-state index contributed by atoms with van der Waals surface area (Å²) < 4.78 is 9.76. The number of anilines is 2. The number of morpholine rings is 1. The first-order valence-electron chi connectivity index (χ1n) is 9.29. The van der Waals surface area contributed by atoms with Crippen molar-refractivity contribution in [2.75, 3.05) is 36.6 Å². The summed E-state index contributed by atoms with van der Waals surface area (Å²) in [6, 6.07) is 4.60. The molecule has 4 heterocycles. The second-order valence-electron chi connectivity index (χ2n) is 7.08. The third-order valence-corrected chi connectivity index (χ3v) is 5.11. The molecule has 1 aliphatic heterocycles. The number of nitrogens with zero attached hydrogens (tertiary/aromatic N) is 6. The predicted molar refractivity (Wildman–Crippen MR) is 101 cm³/mol. The molecule has 0 aromatic carbocycles. The van der Waals surface area contributed by atoms with E-state index in [1.807, 2.05) is 24.0 Å². The number of hydrazine groups is 1. The van der Waals surface area contributed by atoms with E-state index in [4.69, 9.17) is 15.6 Å². The van der Waals surface area contributed by atoms with Gasteiger partial charge in [0.05, 0.1) is 13.2 Å². The Hall–Kier alpha value is -2.78. The van der Waals surface area contributed by atoms with Crippen LogP contribution >= 0.6 is 0 Å². The number of aromatic nitrogens is 5. The molecule has 27 heavy (non-hydrogen) atoms. The number of ether oxygens (including phenoxy) is 1. The van der Waals surface area contributed by atoms with Crippen LogP contribution < -0.4 is 20.7 Å². The van der Waals surface area contributed by atoms with Gasteiger partial charge in [0.1, 0.15) is 12.9 Å². The molecule has 9 nitrogen and oxygen atoms in total. The SMILES string of the molecule is C[n+]1ccc(-c2nc3c(N4CCOCC4)nc(NN)nc3n2C2CC2)cc1. The Morgan fingerprint density at radius 2 is 1.89 bits per heavy atom. The van der Waals surface area contributed by atoms with Crippen LogP contribution in [0.25, 0.3) is 22.6 Å². The van der Waals surface area contributed by atoms with Crippen molar-refractivity contribution in [1.29, 1.82) is 0 Å². The monoisotopic (exact) mass is 367 g/mol. The third-order valence-electron chi connectivity index (χ3n) is 5.11. The van der Waals surface area contributed by atoms with E-state index in [2.05, 4.69) is 37.0 Å². The molecule has 1 saturated carbocycles. The number of hydrogen-bond donors (Lipinski definition) is 2. The molecular weight excluding hydrogens is 344 g/mol. The molecule has 0 amide bonds. The average Bonchev–Trinajstić information content (AvgIpc) is 3.48. The molecule has 2 fully saturated rings. The summed E-state index contributed by atoms with van der Waals surface area (Å²) in [4.78, 5) is 16.5. The van der Waals surface area contributed by atoms with Crippen molar-refractivity contribution >= 4 is 22.9 Å². The van der Waals surface area contributed by atoms with Crippen LogP contribution in [0.15, 0.2) is 24.5 Å². The molecule has 0 spiro atoms. The molecule has 0 bridgehead atoms. The normalized spacial score (nSPS) is 17.5. The van der Waals surface area contributed by atoms with Gasteiger partial charge in [-0.25, -0.2) is 15.4 Å². The quantitative estimate of drug-likeness (QED) is 0.399. The number of fused-ring (bicyclic) bond motifs is 1. The summed E-state index contributed by atoms with van der Waals surface area (Å²) in [6.45, 7) is 2.93. The van der Waals surface area contributed by atoms with Crippen molar-refractivity contribution in [3.05, 3.63) is 24.5 Å². The zero-order valence-corrected chi connectivity index (χ0v) is 15.3. The van der Waals surface area contributed by atoms with Gasteiger partial charge in [0.2, 0.25) is 5.95 Å². The lowest BCUT2D eigenvalue weighted by Gasteiger charge is -2.28. The Labute approximate surface area is 156 Å². The maximum absolute atomic E-state index is 5.67. The Morgan fingerprint density at radius 1 is 1.15 bits per heavy atom. The molecule has 1 saturated heterocycles. The lowest BCUT2D eigenvalue weighted by molar-refractivity contribution is -0.671. The molecule has 3 aromatic rings. The average molecular weight is 367 g/mol. The molecule has 0 unspecified atom stereocenters. The summed E-state index contributed by atoms with van der Waals surface area (Å²) in [5.74, 6) is 7.83. The Morgan fingerprint density at radius 3 is 2.56 bits per heavy atom. The van der Waals surface area contributed by atoms with Gasteiger partial charge in [-0.2, -0.15) is 9.97 Å². The summed E-state index contributed by atoms with van der Waals surface area (Å²) in [6.07, 6.45) is 6.35. The first kappa shape index (κ1) is 16.4. The molecule has 1 aliphatic carbocycles. The van der Waals surface area contributed by atoms with Gasteiger partial charge in [0.15, 0.2) is 29.4 Å². The maximum atomic E-state index is 5.67. The minimum Gasteiger partial charge on any atom is -0.378 e. The standard InChI is InChI=1S/C18H22N8O/c1-24-6-4-12(5-7-24)15-20-14-16(25-8-10-27-11-9-25)21-18(23-19)22-17(14)26(15)13-2-3-13/h4-7,13H,2-3,8-11H2,1H3,(H2,19,20)/p+1. The highest BCUT2D eigenvalue weighted by Crippen LogP contribution is 2.42. The molecule has 3 aromatic heterocycles. The summed E-state index contributed by atoms with van der Waals surface area (Å²) in [5, 5.41) is 0. The van der Waals surface area contributed by atoms with Crippen molar-refractivity contribution < 1.29 is 9.30 Å². The maximum Gasteiger partial charge on any atom is 0.241 e. The minimum absolute atomic E-state index is 0.414.